The van der Waals surface area contributed by atoms with Crippen LogP contribution < -0.4 is 0 Å². The van der Waals surface area contributed by atoms with Crippen molar-refractivity contribution >= 4 is 0 Å². The monoisotopic (exact) mass is 100 g/mol. The second kappa shape index (κ2) is 4.13. The summed E-state index contributed by atoms with van der Waals surface area (Å²) in [4.78, 5) is 0. The maximum atomic E-state index is 10.4. The van der Waals surface area contributed by atoms with Crippen LogP contribution in [-0.4, -0.2) is 6.10 Å². The van der Waals surface area contributed by atoms with E-state index in [1.165, 1.54) is 0 Å². The van der Waals surface area contributed by atoms with Crippen molar-refractivity contribution in [2.45, 2.75) is 32.8 Å². The summed E-state index contributed by atoms with van der Waals surface area (Å²) >= 11 is 0. The molecule has 0 N–H and O–H groups in total. The molecular formula is C6H12O. The zero-order valence-corrected chi connectivity index (χ0v) is 4.98. The van der Waals surface area contributed by atoms with Gasteiger partial charge >= 0.3 is 0 Å². The molecule has 1 atom stereocenters. The van der Waals surface area contributed by atoms with Crippen molar-refractivity contribution in [1.29, 1.82) is 0 Å². The molecule has 0 aromatic rings. The summed E-state index contributed by atoms with van der Waals surface area (Å²) in [5, 5.41) is 10.4. The van der Waals surface area contributed by atoms with E-state index in [2.05, 4.69) is 0 Å². The van der Waals surface area contributed by atoms with Gasteiger partial charge in [-0.2, -0.15) is 0 Å². The molecule has 0 aliphatic rings. The molecule has 2 radical (unpaired) electrons. The molecule has 0 spiro atoms. The topological polar surface area (TPSA) is 19.9 Å². The highest BCUT2D eigenvalue weighted by Gasteiger charge is 1.97. The first kappa shape index (κ1) is 6.96. The SMILES string of the molecule is C[CH]C([O])CCC. The fourth-order valence-electron chi connectivity index (χ4n) is 0.451. The zero-order valence-electron chi connectivity index (χ0n) is 4.98. The van der Waals surface area contributed by atoms with Crippen LogP contribution in [0.25, 0.3) is 0 Å². The standard InChI is InChI=1S/C6H12O/c1-3-5-6(7)4-2/h4,6H,3,5H2,1-2H3. The minimum Gasteiger partial charge on any atom is -0.233 e. The Morgan fingerprint density at radius 1 is 1.71 bits per heavy atom. The van der Waals surface area contributed by atoms with Gasteiger partial charge in [-0.1, -0.05) is 20.3 Å². The lowest BCUT2D eigenvalue weighted by Crippen LogP contribution is -2.00. The first-order chi connectivity index (χ1) is 3.31. The van der Waals surface area contributed by atoms with Crippen LogP contribution >= 0.6 is 0 Å². The van der Waals surface area contributed by atoms with Crippen LogP contribution in [-0.2, 0) is 5.11 Å². The van der Waals surface area contributed by atoms with Gasteiger partial charge in [-0.05, 0) is 12.8 Å². The smallest absolute Gasteiger partial charge is 0.0958 e. The summed E-state index contributed by atoms with van der Waals surface area (Å²) in [6, 6.07) is 0. The molecule has 7 heavy (non-hydrogen) atoms. The Morgan fingerprint density at radius 2 is 2.29 bits per heavy atom. The van der Waals surface area contributed by atoms with Gasteiger partial charge in [0.25, 0.3) is 0 Å². The highest BCUT2D eigenvalue weighted by molar-refractivity contribution is 4.67. The minimum absolute atomic E-state index is 0.426. The average Bonchev–Trinajstić information content (AvgIpc) is 1.68. The third kappa shape index (κ3) is 3.80. The molecule has 0 aromatic carbocycles. The van der Waals surface area contributed by atoms with Crippen LogP contribution in [0.1, 0.15) is 26.7 Å². The second-order valence-corrected chi connectivity index (χ2v) is 1.66. The van der Waals surface area contributed by atoms with Crippen LogP contribution in [0, 0.1) is 6.42 Å². The number of hydrogen-bond donors (Lipinski definition) is 0. The van der Waals surface area contributed by atoms with E-state index >= 15 is 0 Å². The molecule has 0 saturated carbocycles. The van der Waals surface area contributed by atoms with Gasteiger partial charge in [0.05, 0.1) is 6.10 Å². The van der Waals surface area contributed by atoms with E-state index in [1.54, 1.807) is 6.42 Å². The Kier molecular flexibility index (Phi) is 4.10. The van der Waals surface area contributed by atoms with Gasteiger partial charge in [-0.15, -0.1) is 0 Å². The minimum atomic E-state index is -0.426. The van der Waals surface area contributed by atoms with Gasteiger partial charge in [0.2, 0.25) is 0 Å². The van der Waals surface area contributed by atoms with Crippen LogP contribution in [0.3, 0.4) is 0 Å². The Bertz CT molecular complexity index is 35.2. The molecule has 0 saturated heterocycles. The fraction of sp³-hybridized carbons (Fsp3) is 0.833. The Hall–Kier alpha value is -0.0400. The summed E-state index contributed by atoms with van der Waals surface area (Å²) in [5.41, 5.74) is 0. The van der Waals surface area contributed by atoms with E-state index in [9.17, 15) is 5.11 Å². The molecule has 42 valence electrons. The largest absolute Gasteiger partial charge is 0.233 e. The molecule has 1 unspecified atom stereocenters. The highest BCUT2D eigenvalue weighted by Crippen LogP contribution is 1.98. The van der Waals surface area contributed by atoms with Gasteiger partial charge in [-0.3, -0.25) is 0 Å². The highest BCUT2D eigenvalue weighted by atomic mass is 16.3. The molecule has 1 nitrogen and oxygen atoms in total. The molecule has 0 bridgehead atoms. The van der Waals surface area contributed by atoms with Gasteiger partial charge in [-0.25, -0.2) is 5.11 Å². The van der Waals surface area contributed by atoms with Gasteiger partial charge in [0.15, 0.2) is 0 Å². The van der Waals surface area contributed by atoms with Crippen molar-refractivity contribution in [3.8, 4) is 0 Å². The van der Waals surface area contributed by atoms with Gasteiger partial charge in [0.1, 0.15) is 0 Å². The quantitative estimate of drug-likeness (QED) is 0.515. The lowest BCUT2D eigenvalue weighted by Gasteiger charge is -1.98. The van der Waals surface area contributed by atoms with E-state index < -0.39 is 6.10 Å². The maximum Gasteiger partial charge on any atom is 0.0958 e. The third-order valence-corrected chi connectivity index (χ3v) is 0.945. The zero-order chi connectivity index (χ0) is 5.70. The Morgan fingerprint density at radius 3 is 2.43 bits per heavy atom. The van der Waals surface area contributed by atoms with Crippen LogP contribution in [0.4, 0.5) is 0 Å². The maximum absolute atomic E-state index is 10.4. The van der Waals surface area contributed by atoms with Gasteiger partial charge < -0.3 is 0 Å². The van der Waals surface area contributed by atoms with Crippen LogP contribution in [0.2, 0.25) is 0 Å². The average molecular weight is 100 g/mol. The van der Waals surface area contributed by atoms with E-state index in [-0.39, 0.29) is 0 Å². The molecule has 0 aliphatic heterocycles. The summed E-state index contributed by atoms with van der Waals surface area (Å²) in [5.74, 6) is 0. The van der Waals surface area contributed by atoms with Crippen LogP contribution in [0.5, 0.6) is 0 Å². The Labute approximate surface area is 45.4 Å². The van der Waals surface area contributed by atoms with Crippen molar-refractivity contribution in [3.63, 3.8) is 0 Å². The summed E-state index contributed by atoms with van der Waals surface area (Å²) in [6.45, 7) is 3.84. The van der Waals surface area contributed by atoms with Crippen molar-refractivity contribution in [1.82, 2.24) is 0 Å². The van der Waals surface area contributed by atoms with Crippen molar-refractivity contribution in [2.24, 2.45) is 0 Å². The lowest BCUT2D eigenvalue weighted by atomic mass is 10.2. The van der Waals surface area contributed by atoms with E-state index in [0.717, 1.165) is 12.8 Å². The van der Waals surface area contributed by atoms with Gasteiger partial charge in [0, 0.05) is 0 Å². The molecule has 0 heterocycles. The van der Waals surface area contributed by atoms with E-state index in [1.807, 2.05) is 13.8 Å². The normalized spacial score (nSPS) is 14.1. The molecule has 1 heteroatoms. The first-order valence-electron chi connectivity index (χ1n) is 2.76. The molecule has 0 aliphatic carbocycles. The first-order valence-corrected chi connectivity index (χ1v) is 2.76. The predicted molar refractivity (Wildman–Crippen MR) is 29.4 cm³/mol. The third-order valence-electron chi connectivity index (χ3n) is 0.945. The molecule has 0 fully saturated rings. The molecule has 0 rings (SSSR count). The molecule has 0 amide bonds. The number of rotatable bonds is 3. The van der Waals surface area contributed by atoms with Crippen LogP contribution in [0.15, 0.2) is 0 Å². The van der Waals surface area contributed by atoms with Crippen molar-refractivity contribution in [3.05, 3.63) is 6.42 Å². The van der Waals surface area contributed by atoms with E-state index in [4.69, 9.17) is 0 Å². The Balaban J connectivity index is 2.83. The van der Waals surface area contributed by atoms with Crippen molar-refractivity contribution in [2.75, 3.05) is 0 Å². The van der Waals surface area contributed by atoms with Crippen molar-refractivity contribution < 1.29 is 5.11 Å². The summed E-state index contributed by atoms with van der Waals surface area (Å²) < 4.78 is 0. The predicted octanol–water partition coefficient (Wildman–Crippen LogP) is 1.81. The van der Waals surface area contributed by atoms with E-state index in [0.29, 0.717) is 0 Å². The molecule has 0 aromatic heterocycles. The summed E-state index contributed by atoms with van der Waals surface area (Å²) in [6.07, 6.45) is 3.06. The summed E-state index contributed by atoms with van der Waals surface area (Å²) in [7, 11) is 0. The number of hydrogen-bond acceptors (Lipinski definition) is 0. The fourth-order valence-corrected chi connectivity index (χ4v) is 0.451. The molecular weight excluding hydrogens is 88.1 g/mol. The second-order valence-electron chi connectivity index (χ2n) is 1.66. The lowest BCUT2D eigenvalue weighted by molar-refractivity contribution is 0.108.